The highest BCUT2D eigenvalue weighted by Gasteiger charge is 2.36. The second-order valence-electron chi connectivity index (χ2n) is 4.15. The maximum Gasteiger partial charge on any atom is 0.416 e. The highest BCUT2D eigenvalue weighted by molar-refractivity contribution is 5.51. The molecule has 1 rings (SSSR count). The van der Waals surface area contributed by atoms with Crippen LogP contribution in [0.5, 0.6) is 0 Å². The third-order valence-corrected chi connectivity index (χ3v) is 2.56. The molecule has 0 bridgehead atoms. The van der Waals surface area contributed by atoms with E-state index < -0.39 is 11.7 Å². The van der Waals surface area contributed by atoms with Crippen LogP contribution in [0.15, 0.2) is 12.1 Å². The van der Waals surface area contributed by atoms with Crippen LogP contribution < -0.4 is 5.73 Å². The Kier molecular flexibility index (Phi) is 3.51. The van der Waals surface area contributed by atoms with Crippen LogP contribution in [-0.4, -0.2) is 0 Å². The minimum absolute atomic E-state index is 0.189. The normalized spacial score (nSPS) is 12.2. The summed E-state index contributed by atoms with van der Waals surface area (Å²) in [5.41, 5.74) is 6.06. The van der Waals surface area contributed by atoms with Gasteiger partial charge in [0.25, 0.3) is 0 Å². The number of hydrogen-bond acceptors (Lipinski definition) is 1. The molecule has 16 heavy (non-hydrogen) atoms. The Morgan fingerprint density at radius 3 is 2.19 bits per heavy atom. The number of nitrogens with two attached hydrogens (primary N) is 1. The second kappa shape index (κ2) is 4.36. The highest BCUT2D eigenvalue weighted by Crippen LogP contribution is 2.39. The first-order valence-electron chi connectivity index (χ1n) is 5.26. The van der Waals surface area contributed by atoms with Crippen LogP contribution >= 0.6 is 0 Å². The molecule has 0 radical (unpaired) electrons. The van der Waals surface area contributed by atoms with E-state index in [2.05, 4.69) is 0 Å². The van der Waals surface area contributed by atoms with Crippen molar-refractivity contribution in [3.8, 4) is 0 Å². The van der Waals surface area contributed by atoms with Gasteiger partial charge >= 0.3 is 6.18 Å². The standard InChI is InChI=1S/C12H16F3N/c1-4-8-5-9(16)6-10(7(2)3)11(8)12(13,14)15/h5-7H,4,16H2,1-3H3. The Balaban J connectivity index is 3.52. The van der Waals surface area contributed by atoms with Gasteiger partial charge in [0.2, 0.25) is 0 Å². The van der Waals surface area contributed by atoms with E-state index in [9.17, 15) is 13.2 Å². The molecule has 0 saturated heterocycles. The third-order valence-electron chi connectivity index (χ3n) is 2.56. The summed E-state index contributed by atoms with van der Waals surface area (Å²) in [6.45, 7) is 5.18. The zero-order valence-electron chi connectivity index (χ0n) is 9.65. The maximum atomic E-state index is 12.9. The molecule has 4 heteroatoms. The lowest BCUT2D eigenvalue weighted by molar-refractivity contribution is -0.138. The van der Waals surface area contributed by atoms with Crippen molar-refractivity contribution in [2.24, 2.45) is 0 Å². The largest absolute Gasteiger partial charge is 0.416 e. The first-order chi connectivity index (χ1) is 7.27. The SMILES string of the molecule is CCc1cc(N)cc(C(C)C)c1C(F)(F)F. The third kappa shape index (κ3) is 2.49. The summed E-state index contributed by atoms with van der Waals surface area (Å²) in [4.78, 5) is 0. The maximum absolute atomic E-state index is 12.9. The topological polar surface area (TPSA) is 26.0 Å². The summed E-state index contributed by atoms with van der Waals surface area (Å²) in [6.07, 6.45) is -3.97. The lowest BCUT2D eigenvalue weighted by Gasteiger charge is -2.19. The predicted octanol–water partition coefficient (Wildman–Crippen LogP) is 3.97. The second-order valence-corrected chi connectivity index (χ2v) is 4.15. The molecule has 1 aromatic carbocycles. The Hall–Kier alpha value is -1.19. The quantitative estimate of drug-likeness (QED) is 0.765. The van der Waals surface area contributed by atoms with Crippen molar-refractivity contribution >= 4 is 5.69 Å². The first kappa shape index (κ1) is 12.9. The molecule has 90 valence electrons. The van der Waals surface area contributed by atoms with Gasteiger partial charge in [-0.25, -0.2) is 0 Å². The molecule has 0 aliphatic carbocycles. The monoisotopic (exact) mass is 231 g/mol. The zero-order valence-corrected chi connectivity index (χ0v) is 9.65. The van der Waals surface area contributed by atoms with Crippen LogP contribution in [0.3, 0.4) is 0 Å². The molecular formula is C12H16F3N. The molecule has 1 aromatic rings. The van der Waals surface area contributed by atoms with Crippen molar-refractivity contribution in [3.05, 3.63) is 28.8 Å². The first-order valence-corrected chi connectivity index (χ1v) is 5.26. The molecule has 0 saturated carbocycles. The van der Waals surface area contributed by atoms with Gasteiger partial charge < -0.3 is 5.73 Å². The Morgan fingerprint density at radius 2 is 1.81 bits per heavy atom. The van der Waals surface area contributed by atoms with Gasteiger partial charge in [-0.15, -0.1) is 0 Å². The molecule has 0 unspecified atom stereocenters. The van der Waals surface area contributed by atoms with Gasteiger partial charge in [0, 0.05) is 5.69 Å². The number of aryl methyl sites for hydroxylation is 1. The molecule has 0 fully saturated rings. The van der Waals surface area contributed by atoms with Crippen molar-refractivity contribution in [2.45, 2.75) is 39.3 Å². The van der Waals surface area contributed by atoms with E-state index in [1.54, 1.807) is 20.8 Å². The molecule has 0 amide bonds. The number of halogens is 3. The van der Waals surface area contributed by atoms with Gasteiger partial charge in [0.15, 0.2) is 0 Å². The van der Waals surface area contributed by atoms with E-state index in [4.69, 9.17) is 5.73 Å². The van der Waals surface area contributed by atoms with Crippen LogP contribution in [-0.2, 0) is 12.6 Å². The number of alkyl halides is 3. The van der Waals surface area contributed by atoms with Crippen molar-refractivity contribution in [1.29, 1.82) is 0 Å². The summed E-state index contributed by atoms with van der Waals surface area (Å²) in [5, 5.41) is 0. The minimum atomic E-state index is -4.31. The van der Waals surface area contributed by atoms with Crippen molar-refractivity contribution in [1.82, 2.24) is 0 Å². The van der Waals surface area contributed by atoms with Gasteiger partial charge in [-0.05, 0) is 35.6 Å². The molecule has 0 aliphatic rings. The summed E-state index contributed by atoms with van der Waals surface area (Å²) >= 11 is 0. The molecular weight excluding hydrogens is 215 g/mol. The van der Waals surface area contributed by atoms with Gasteiger partial charge in [-0.1, -0.05) is 20.8 Å². The summed E-state index contributed by atoms with van der Waals surface area (Å²) < 4.78 is 38.8. The fourth-order valence-corrected chi connectivity index (χ4v) is 1.83. The van der Waals surface area contributed by atoms with Crippen molar-refractivity contribution in [2.75, 3.05) is 5.73 Å². The summed E-state index contributed by atoms with van der Waals surface area (Å²) in [5.74, 6) is -0.189. The minimum Gasteiger partial charge on any atom is -0.399 e. The van der Waals surface area contributed by atoms with Gasteiger partial charge in [-0.2, -0.15) is 13.2 Å². The fraction of sp³-hybridized carbons (Fsp3) is 0.500. The van der Waals surface area contributed by atoms with Crippen LogP contribution in [0.2, 0.25) is 0 Å². The van der Waals surface area contributed by atoms with Crippen LogP contribution in [0.1, 0.15) is 43.4 Å². The number of benzene rings is 1. The van der Waals surface area contributed by atoms with Gasteiger partial charge in [0.1, 0.15) is 0 Å². The number of rotatable bonds is 2. The molecule has 2 N–H and O–H groups in total. The number of nitrogen functional groups attached to an aromatic ring is 1. The summed E-state index contributed by atoms with van der Waals surface area (Å²) in [7, 11) is 0. The Labute approximate surface area is 93.5 Å². The molecule has 0 aromatic heterocycles. The zero-order chi connectivity index (χ0) is 12.5. The van der Waals surface area contributed by atoms with Crippen LogP contribution in [0.25, 0.3) is 0 Å². The van der Waals surface area contributed by atoms with E-state index in [1.807, 2.05) is 0 Å². The van der Waals surface area contributed by atoms with E-state index in [-0.39, 0.29) is 17.0 Å². The van der Waals surface area contributed by atoms with Crippen molar-refractivity contribution < 1.29 is 13.2 Å². The average molecular weight is 231 g/mol. The highest BCUT2D eigenvalue weighted by atomic mass is 19.4. The van der Waals surface area contributed by atoms with Crippen LogP contribution in [0, 0.1) is 0 Å². The van der Waals surface area contributed by atoms with E-state index in [0.29, 0.717) is 12.1 Å². The van der Waals surface area contributed by atoms with Crippen molar-refractivity contribution in [3.63, 3.8) is 0 Å². The Bertz CT molecular complexity index is 381. The van der Waals surface area contributed by atoms with E-state index in [0.717, 1.165) is 0 Å². The average Bonchev–Trinajstić information content (AvgIpc) is 2.14. The summed E-state index contributed by atoms with van der Waals surface area (Å²) in [6, 6.07) is 2.83. The lowest BCUT2D eigenvalue weighted by atomic mass is 9.91. The molecule has 0 atom stereocenters. The molecule has 0 aliphatic heterocycles. The Morgan fingerprint density at radius 1 is 1.25 bits per heavy atom. The number of hydrogen-bond donors (Lipinski definition) is 1. The van der Waals surface area contributed by atoms with Gasteiger partial charge in [0.05, 0.1) is 5.56 Å². The lowest BCUT2D eigenvalue weighted by Crippen LogP contribution is -2.14. The molecule has 1 nitrogen and oxygen atoms in total. The van der Waals surface area contributed by atoms with Crippen LogP contribution in [0.4, 0.5) is 18.9 Å². The van der Waals surface area contributed by atoms with E-state index in [1.165, 1.54) is 12.1 Å². The fourth-order valence-electron chi connectivity index (χ4n) is 1.83. The molecule has 0 heterocycles. The predicted molar refractivity (Wildman–Crippen MR) is 59.3 cm³/mol. The number of anilines is 1. The smallest absolute Gasteiger partial charge is 0.399 e. The van der Waals surface area contributed by atoms with Gasteiger partial charge in [-0.3, -0.25) is 0 Å². The van der Waals surface area contributed by atoms with E-state index >= 15 is 0 Å². The molecule has 0 spiro atoms.